The van der Waals surface area contributed by atoms with Crippen molar-refractivity contribution in [3.63, 3.8) is 0 Å². The summed E-state index contributed by atoms with van der Waals surface area (Å²) in [5, 5.41) is 0. The highest BCUT2D eigenvalue weighted by Gasteiger charge is 2.26. The molecule has 5 heteroatoms. The number of nitrogens with zero attached hydrogens (tertiary/aromatic N) is 1. The van der Waals surface area contributed by atoms with E-state index in [2.05, 4.69) is 0 Å². The quantitative estimate of drug-likeness (QED) is 0.456. The Hall–Kier alpha value is -0.650. The van der Waals surface area contributed by atoms with Crippen molar-refractivity contribution >= 4 is 5.97 Å². The number of hydrogen-bond acceptors (Lipinski definition) is 5. The van der Waals surface area contributed by atoms with Crippen LogP contribution in [0.1, 0.15) is 27.2 Å². The molecule has 0 spiro atoms. The second kappa shape index (κ2) is 8.44. The van der Waals surface area contributed by atoms with Gasteiger partial charge in [0.15, 0.2) is 0 Å². The first-order chi connectivity index (χ1) is 7.97. The highest BCUT2D eigenvalue weighted by atomic mass is 16.5. The first-order valence-electron chi connectivity index (χ1n) is 5.85. The van der Waals surface area contributed by atoms with Crippen LogP contribution in [0.5, 0.6) is 0 Å². The molecular weight excluding hydrogens is 222 g/mol. The van der Waals surface area contributed by atoms with Crippen LogP contribution in [0.25, 0.3) is 0 Å². The van der Waals surface area contributed by atoms with E-state index in [1.807, 2.05) is 25.7 Å². The van der Waals surface area contributed by atoms with Gasteiger partial charge in [-0.1, -0.05) is 6.92 Å². The molecule has 0 aromatic carbocycles. The highest BCUT2D eigenvalue weighted by Crippen LogP contribution is 2.21. The average Bonchev–Trinajstić information content (AvgIpc) is 2.29. The third-order valence-electron chi connectivity index (χ3n) is 2.70. The maximum Gasteiger partial charge on any atom is 0.311 e. The van der Waals surface area contributed by atoms with Gasteiger partial charge in [-0.05, 0) is 20.3 Å². The van der Waals surface area contributed by atoms with Crippen LogP contribution in [0.2, 0.25) is 0 Å². The lowest BCUT2D eigenvalue weighted by atomic mass is 9.91. The van der Waals surface area contributed by atoms with E-state index in [9.17, 15) is 4.79 Å². The molecule has 0 heterocycles. The zero-order valence-electron chi connectivity index (χ0n) is 11.6. The van der Waals surface area contributed by atoms with Crippen LogP contribution in [0, 0.1) is 5.41 Å². The summed E-state index contributed by atoms with van der Waals surface area (Å²) >= 11 is 0. The van der Waals surface area contributed by atoms with E-state index in [1.165, 1.54) is 0 Å². The number of esters is 1. The molecule has 5 nitrogen and oxygen atoms in total. The van der Waals surface area contributed by atoms with Crippen LogP contribution in [-0.4, -0.2) is 51.7 Å². The number of ether oxygens (including phenoxy) is 3. The number of carbonyl (C=O) groups is 1. The SMILES string of the molecule is CCC(C)(C)C(=O)OCCN(COC)COC. The van der Waals surface area contributed by atoms with E-state index >= 15 is 0 Å². The molecule has 0 N–H and O–H groups in total. The lowest BCUT2D eigenvalue weighted by Crippen LogP contribution is -2.34. The van der Waals surface area contributed by atoms with Crippen molar-refractivity contribution in [3.05, 3.63) is 0 Å². The molecule has 0 rings (SSSR count). The minimum Gasteiger partial charge on any atom is -0.464 e. The van der Waals surface area contributed by atoms with Crippen LogP contribution in [0.4, 0.5) is 0 Å². The largest absolute Gasteiger partial charge is 0.464 e. The predicted octanol–water partition coefficient (Wildman–Crippen LogP) is 1.48. The van der Waals surface area contributed by atoms with Gasteiger partial charge in [0.1, 0.15) is 20.1 Å². The maximum absolute atomic E-state index is 11.7. The molecule has 0 aliphatic heterocycles. The molecule has 102 valence electrons. The summed E-state index contributed by atoms with van der Waals surface area (Å²) < 4.78 is 15.2. The van der Waals surface area contributed by atoms with Crippen molar-refractivity contribution in [2.75, 3.05) is 40.8 Å². The maximum atomic E-state index is 11.7. The van der Waals surface area contributed by atoms with Crippen molar-refractivity contribution in [1.82, 2.24) is 4.90 Å². The molecule has 0 aliphatic carbocycles. The number of rotatable bonds is 9. The smallest absolute Gasteiger partial charge is 0.311 e. The molecule has 0 radical (unpaired) electrons. The monoisotopic (exact) mass is 247 g/mol. The van der Waals surface area contributed by atoms with Crippen LogP contribution in [0.3, 0.4) is 0 Å². The molecular formula is C12H25NO4. The van der Waals surface area contributed by atoms with Crippen LogP contribution >= 0.6 is 0 Å². The molecule has 0 aromatic heterocycles. The van der Waals surface area contributed by atoms with Crippen LogP contribution < -0.4 is 0 Å². The third kappa shape index (κ3) is 6.61. The van der Waals surface area contributed by atoms with Gasteiger partial charge in [0, 0.05) is 20.8 Å². The minimum atomic E-state index is -0.409. The highest BCUT2D eigenvalue weighted by molar-refractivity contribution is 5.75. The molecule has 0 unspecified atom stereocenters. The van der Waals surface area contributed by atoms with Crippen molar-refractivity contribution in [2.24, 2.45) is 5.41 Å². The van der Waals surface area contributed by atoms with Gasteiger partial charge in [-0.15, -0.1) is 0 Å². The van der Waals surface area contributed by atoms with E-state index in [-0.39, 0.29) is 5.97 Å². The molecule has 0 fully saturated rings. The van der Waals surface area contributed by atoms with E-state index in [0.29, 0.717) is 26.6 Å². The zero-order chi connectivity index (χ0) is 13.3. The molecule has 0 aliphatic rings. The van der Waals surface area contributed by atoms with Gasteiger partial charge in [0.05, 0.1) is 5.41 Å². The van der Waals surface area contributed by atoms with Crippen molar-refractivity contribution in [2.45, 2.75) is 27.2 Å². The fourth-order valence-corrected chi connectivity index (χ4v) is 1.14. The Morgan fingerprint density at radius 3 is 2.12 bits per heavy atom. The number of hydrogen-bond donors (Lipinski definition) is 0. The summed E-state index contributed by atoms with van der Waals surface area (Å²) in [6.45, 7) is 7.63. The Balaban J connectivity index is 3.91. The van der Waals surface area contributed by atoms with Gasteiger partial charge in [0.25, 0.3) is 0 Å². The predicted molar refractivity (Wildman–Crippen MR) is 65.5 cm³/mol. The Morgan fingerprint density at radius 1 is 1.18 bits per heavy atom. The molecule has 17 heavy (non-hydrogen) atoms. The fourth-order valence-electron chi connectivity index (χ4n) is 1.14. The average molecular weight is 247 g/mol. The lowest BCUT2D eigenvalue weighted by molar-refractivity contribution is -0.155. The molecule has 0 aromatic rings. The summed E-state index contributed by atoms with van der Waals surface area (Å²) in [5.74, 6) is -0.158. The van der Waals surface area contributed by atoms with E-state index < -0.39 is 5.41 Å². The Bertz CT molecular complexity index is 213. The van der Waals surface area contributed by atoms with Crippen LogP contribution in [-0.2, 0) is 19.0 Å². The summed E-state index contributed by atoms with van der Waals surface area (Å²) in [7, 11) is 3.24. The summed E-state index contributed by atoms with van der Waals surface area (Å²) in [6, 6.07) is 0. The normalized spacial score (nSPS) is 11.9. The molecule has 0 amide bonds. The minimum absolute atomic E-state index is 0.158. The van der Waals surface area contributed by atoms with Crippen molar-refractivity contribution in [1.29, 1.82) is 0 Å². The van der Waals surface area contributed by atoms with Gasteiger partial charge in [-0.2, -0.15) is 0 Å². The van der Waals surface area contributed by atoms with Gasteiger partial charge >= 0.3 is 5.97 Å². The summed E-state index contributed by atoms with van der Waals surface area (Å²) in [6.07, 6.45) is 0.770. The molecule has 0 atom stereocenters. The van der Waals surface area contributed by atoms with Gasteiger partial charge in [-0.3, -0.25) is 9.69 Å². The van der Waals surface area contributed by atoms with E-state index in [0.717, 1.165) is 6.42 Å². The zero-order valence-corrected chi connectivity index (χ0v) is 11.6. The number of methoxy groups -OCH3 is 2. The standard InChI is InChI=1S/C12H25NO4/c1-6-12(2,3)11(14)17-8-7-13(9-15-4)10-16-5/h6-10H2,1-5H3. The van der Waals surface area contributed by atoms with Gasteiger partial charge < -0.3 is 14.2 Å². The topological polar surface area (TPSA) is 48.0 Å². The second-order valence-corrected chi connectivity index (χ2v) is 4.60. The molecule has 0 saturated heterocycles. The summed E-state index contributed by atoms with van der Waals surface area (Å²) in [4.78, 5) is 13.6. The number of carbonyl (C=O) groups excluding carboxylic acids is 1. The molecule has 0 bridgehead atoms. The molecule has 0 saturated carbocycles. The lowest BCUT2D eigenvalue weighted by Gasteiger charge is -2.23. The van der Waals surface area contributed by atoms with Crippen LogP contribution in [0.15, 0.2) is 0 Å². The summed E-state index contributed by atoms with van der Waals surface area (Å²) in [5.41, 5.74) is -0.409. The van der Waals surface area contributed by atoms with Crippen molar-refractivity contribution in [3.8, 4) is 0 Å². The Morgan fingerprint density at radius 2 is 1.71 bits per heavy atom. The van der Waals surface area contributed by atoms with E-state index in [1.54, 1.807) is 14.2 Å². The third-order valence-corrected chi connectivity index (χ3v) is 2.70. The Labute approximate surface area is 104 Å². The van der Waals surface area contributed by atoms with Gasteiger partial charge in [0.2, 0.25) is 0 Å². The van der Waals surface area contributed by atoms with E-state index in [4.69, 9.17) is 14.2 Å². The Kier molecular flexibility index (Phi) is 8.12. The second-order valence-electron chi connectivity index (χ2n) is 4.60. The van der Waals surface area contributed by atoms with Gasteiger partial charge in [-0.25, -0.2) is 0 Å². The first-order valence-corrected chi connectivity index (χ1v) is 5.85. The van der Waals surface area contributed by atoms with Crippen molar-refractivity contribution < 1.29 is 19.0 Å². The first kappa shape index (κ1) is 16.4. The fraction of sp³-hybridized carbons (Fsp3) is 0.917.